The Balaban J connectivity index is 4.09. The zero-order valence-electron chi connectivity index (χ0n) is 6.53. The second-order valence-electron chi connectivity index (χ2n) is 1.62. The summed E-state index contributed by atoms with van der Waals surface area (Å²) in [5.41, 5.74) is 0. The highest BCUT2D eigenvalue weighted by Gasteiger charge is 2.15. The van der Waals surface area contributed by atoms with Crippen molar-refractivity contribution >= 4 is 7.60 Å². The van der Waals surface area contributed by atoms with Gasteiger partial charge < -0.3 is 9.05 Å². The predicted octanol–water partition coefficient (Wildman–Crippen LogP) is 2.40. The van der Waals surface area contributed by atoms with Crippen molar-refractivity contribution in [1.29, 1.82) is 0 Å². The van der Waals surface area contributed by atoms with E-state index in [1.54, 1.807) is 19.9 Å². The van der Waals surface area contributed by atoms with Crippen LogP contribution >= 0.6 is 7.60 Å². The van der Waals surface area contributed by atoms with Crippen LogP contribution in [-0.4, -0.2) is 13.7 Å². The smallest absolute Gasteiger partial charge is 0.309 e. The zero-order valence-corrected chi connectivity index (χ0v) is 7.43. The summed E-state index contributed by atoms with van der Waals surface area (Å²) in [5, 5.41) is 0. The van der Waals surface area contributed by atoms with Gasteiger partial charge in [0, 0.05) is 12.9 Å². The molecule has 1 atom stereocenters. The molecule has 0 aromatic heterocycles. The molecule has 0 heterocycles. The highest BCUT2D eigenvalue weighted by atomic mass is 31.2. The van der Waals surface area contributed by atoms with Crippen LogP contribution in [0.4, 0.5) is 0 Å². The van der Waals surface area contributed by atoms with Gasteiger partial charge in [-0.15, -0.1) is 0 Å². The van der Waals surface area contributed by atoms with Crippen molar-refractivity contribution in [2.45, 2.75) is 13.8 Å². The number of hydrogen-bond donors (Lipinski definition) is 0. The van der Waals surface area contributed by atoms with Crippen molar-refractivity contribution in [2.75, 3.05) is 13.7 Å². The van der Waals surface area contributed by atoms with Crippen molar-refractivity contribution in [3.8, 4) is 0 Å². The molecule has 0 saturated heterocycles. The lowest BCUT2D eigenvalue weighted by molar-refractivity contribution is 0.253. The first-order valence-corrected chi connectivity index (χ1v) is 4.73. The van der Waals surface area contributed by atoms with Crippen LogP contribution in [0.2, 0.25) is 0 Å². The van der Waals surface area contributed by atoms with Crippen LogP contribution in [0.1, 0.15) is 13.8 Å². The third-order valence-electron chi connectivity index (χ3n) is 0.895. The normalized spacial score (nSPS) is 17.5. The number of allylic oxidation sites excluding steroid dienone is 1. The Kier molecular flexibility index (Phi) is 4.62. The Morgan fingerprint density at radius 1 is 1.60 bits per heavy atom. The molecule has 1 unspecified atom stereocenters. The standard InChI is InChI=1S/C6H13O3P/c1-4-6-10(7,8-3)9-5-2/h4,6H,5H2,1-3H3. The fourth-order valence-electron chi connectivity index (χ4n) is 0.519. The van der Waals surface area contributed by atoms with Gasteiger partial charge in [0.15, 0.2) is 0 Å². The summed E-state index contributed by atoms with van der Waals surface area (Å²) in [7, 11) is -1.51. The molecule has 0 radical (unpaired) electrons. The van der Waals surface area contributed by atoms with E-state index in [0.29, 0.717) is 6.61 Å². The van der Waals surface area contributed by atoms with Crippen molar-refractivity contribution in [3.05, 3.63) is 11.9 Å². The lowest BCUT2D eigenvalue weighted by atomic mass is 10.8. The lowest BCUT2D eigenvalue weighted by Gasteiger charge is -2.09. The Labute approximate surface area is 61.6 Å². The van der Waals surface area contributed by atoms with Crippen LogP contribution < -0.4 is 0 Å². The Bertz CT molecular complexity index is 153. The molecule has 10 heavy (non-hydrogen) atoms. The van der Waals surface area contributed by atoms with Crippen LogP contribution in [0, 0.1) is 0 Å². The molecule has 0 aromatic rings. The van der Waals surface area contributed by atoms with Gasteiger partial charge in [-0.1, -0.05) is 6.08 Å². The van der Waals surface area contributed by atoms with Crippen molar-refractivity contribution in [2.24, 2.45) is 0 Å². The topological polar surface area (TPSA) is 35.5 Å². The maximum absolute atomic E-state index is 11.3. The summed E-state index contributed by atoms with van der Waals surface area (Å²) in [4.78, 5) is 0. The summed E-state index contributed by atoms with van der Waals surface area (Å²) < 4.78 is 20.8. The van der Waals surface area contributed by atoms with Gasteiger partial charge >= 0.3 is 7.60 Å². The monoisotopic (exact) mass is 164 g/mol. The Morgan fingerprint density at radius 2 is 2.20 bits per heavy atom. The molecule has 3 nitrogen and oxygen atoms in total. The van der Waals surface area contributed by atoms with Gasteiger partial charge in [-0.2, -0.15) is 0 Å². The SMILES string of the molecule is CC=CP(=O)(OC)OCC. The first-order chi connectivity index (χ1) is 4.68. The van der Waals surface area contributed by atoms with Gasteiger partial charge in [0.25, 0.3) is 0 Å². The Hall–Kier alpha value is -0.110. The zero-order chi connectivity index (χ0) is 8.04. The van der Waals surface area contributed by atoms with E-state index < -0.39 is 7.60 Å². The van der Waals surface area contributed by atoms with E-state index in [1.807, 2.05) is 0 Å². The average Bonchev–Trinajstić information content (AvgIpc) is 1.89. The van der Waals surface area contributed by atoms with Crippen LogP contribution in [-0.2, 0) is 13.6 Å². The molecule has 0 amide bonds. The van der Waals surface area contributed by atoms with Gasteiger partial charge in [0.05, 0.1) is 6.61 Å². The first-order valence-electron chi connectivity index (χ1n) is 3.12. The van der Waals surface area contributed by atoms with Gasteiger partial charge in [-0.25, -0.2) is 0 Å². The number of hydrogen-bond acceptors (Lipinski definition) is 3. The maximum atomic E-state index is 11.3. The van der Waals surface area contributed by atoms with Gasteiger partial charge in [-0.3, -0.25) is 4.57 Å². The van der Waals surface area contributed by atoms with E-state index in [9.17, 15) is 4.57 Å². The van der Waals surface area contributed by atoms with E-state index in [2.05, 4.69) is 4.52 Å². The molecule has 0 bridgehead atoms. The molecule has 0 rings (SSSR count). The van der Waals surface area contributed by atoms with Gasteiger partial charge in [0.1, 0.15) is 0 Å². The molecule has 0 aliphatic rings. The minimum absolute atomic E-state index is 0.398. The summed E-state index contributed by atoms with van der Waals surface area (Å²) in [6.45, 7) is 3.94. The highest BCUT2D eigenvalue weighted by molar-refractivity contribution is 7.57. The predicted molar refractivity (Wildman–Crippen MR) is 41.1 cm³/mol. The fraction of sp³-hybridized carbons (Fsp3) is 0.667. The van der Waals surface area contributed by atoms with Gasteiger partial charge in [-0.05, 0) is 13.8 Å². The van der Waals surface area contributed by atoms with Crippen molar-refractivity contribution in [3.63, 3.8) is 0 Å². The molecule has 0 spiro atoms. The molecular weight excluding hydrogens is 151 g/mol. The molecule has 0 N–H and O–H groups in total. The highest BCUT2D eigenvalue weighted by Crippen LogP contribution is 2.48. The third kappa shape index (κ3) is 3.16. The molecule has 0 fully saturated rings. The molecule has 0 aliphatic heterocycles. The maximum Gasteiger partial charge on any atom is 0.353 e. The largest absolute Gasteiger partial charge is 0.353 e. The van der Waals surface area contributed by atoms with E-state index in [4.69, 9.17) is 4.52 Å². The summed E-state index contributed by atoms with van der Waals surface area (Å²) >= 11 is 0. The average molecular weight is 164 g/mol. The second kappa shape index (κ2) is 4.67. The van der Waals surface area contributed by atoms with Crippen LogP contribution in [0.25, 0.3) is 0 Å². The molecule has 4 heteroatoms. The van der Waals surface area contributed by atoms with Crippen molar-refractivity contribution in [1.82, 2.24) is 0 Å². The van der Waals surface area contributed by atoms with Crippen LogP contribution in [0.5, 0.6) is 0 Å². The van der Waals surface area contributed by atoms with Crippen LogP contribution in [0.3, 0.4) is 0 Å². The van der Waals surface area contributed by atoms with Gasteiger partial charge in [0.2, 0.25) is 0 Å². The summed E-state index contributed by atoms with van der Waals surface area (Å²) in [5.74, 6) is 1.44. The molecular formula is C6H13O3P. The first kappa shape index (κ1) is 9.89. The lowest BCUT2D eigenvalue weighted by Crippen LogP contribution is -1.88. The third-order valence-corrected chi connectivity index (χ3v) is 2.69. The summed E-state index contributed by atoms with van der Waals surface area (Å²) in [6.07, 6.45) is 1.65. The number of rotatable bonds is 4. The molecule has 0 aliphatic carbocycles. The van der Waals surface area contributed by atoms with E-state index in [-0.39, 0.29) is 0 Å². The van der Waals surface area contributed by atoms with E-state index >= 15 is 0 Å². The molecule has 0 saturated carbocycles. The van der Waals surface area contributed by atoms with E-state index in [0.717, 1.165) is 0 Å². The van der Waals surface area contributed by atoms with E-state index in [1.165, 1.54) is 12.9 Å². The minimum atomic E-state index is -2.88. The molecule has 60 valence electrons. The quantitative estimate of drug-likeness (QED) is 0.598. The summed E-state index contributed by atoms with van der Waals surface area (Å²) in [6, 6.07) is 0. The second-order valence-corrected chi connectivity index (χ2v) is 3.62. The fourth-order valence-corrected chi connectivity index (χ4v) is 1.56. The molecule has 0 aromatic carbocycles. The van der Waals surface area contributed by atoms with Crippen molar-refractivity contribution < 1.29 is 13.6 Å². The Morgan fingerprint density at radius 3 is 2.50 bits per heavy atom. The minimum Gasteiger partial charge on any atom is -0.309 e. The van der Waals surface area contributed by atoms with Crippen LogP contribution in [0.15, 0.2) is 11.9 Å².